The van der Waals surface area contributed by atoms with Crippen LogP contribution in [0.1, 0.15) is 55.4 Å². The van der Waals surface area contributed by atoms with Crippen LogP contribution in [-0.2, 0) is 23.7 Å². The molecule has 30 heavy (non-hydrogen) atoms. The third-order valence-electron chi connectivity index (χ3n) is 4.22. The number of ether oxygens (including phenoxy) is 4. The molecule has 1 amide bonds. The minimum atomic E-state index is -1.31. The van der Waals surface area contributed by atoms with Gasteiger partial charge in [0.1, 0.15) is 6.17 Å². The molecule has 8 heteroatoms. The van der Waals surface area contributed by atoms with Crippen LogP contribution >= 0.6 is 0 Å². The van der Waals surface area contributed by atoms with Crippen molar-refractivity contribution in [2.24, 2.45) is 5.41 Å². The molecule has 1 unspecified atom stereocenters. The van der Waals surface area contributed by atoms with E-state index in [4.69, 9.17) is 18.9 Å². The molecule has 0 aliphatic rings. The van der Waals surface area contributed by atoms with Gasteiger partial charge in [0.2, 0.25) is 5.91 Å². The second kappa shape index (κ2) is 14.3. The minimum absolute atomic E-state index is 0.0772. The molecule has 0 saturated carbocycles. The largest absolute Gasteiger partial charge is 0.378 e. The van der Waals surface area contributed by atoms with Crippen molar-refractivity contribution in [2.75, 3.05) is 59.3 Å². The van der Waals surface area contributed by atoms with Crippen molar-refractivity contribution in [3.63, 3.8) is 0 Å². The number of carbonyl (C=O) groups is 1. The lowest BCUT2D eigenvalue weighted by atomic mass is 9.95. The Morgan fingerprint density at radius 1 is 0.800 bits per heavy atom. The Hall–Kier alpha value is -0.800. The summed E-state index contributed by atoms with van der Waals surface area (Å²) in [4.78, 5) is 11.8. The van der Waals surface area contributed by atoms with Crippen molar-refractivity contribution >= 4 is 5.91 Å². The van der Waals surface area contributed by atoms with E-state index in [-0.39, 0.29) is 24.6 Å². The van der Waals surface area contributed by atoms with Gasteiger partial charge in [0, 0.05) is 17.5 Å². The molecule has 0 fully saturated rings. The number of halogens is 1. The van der Waals surface area contributed by atoms with Crippen LogP contribution in [0.15, 0.2) is 0 Å². The maximum atomic E-state index is 14.4. The van der Waals surface area contributed by atoms with Crippen LogP contribution in [0.5, 0.6) is 0 Å². The molecule has 0 rings (SSSR count). The summed E-state index contributed by atoms with van der Waals surface area (Å²) in [6, 6.07) is 0. The predicted octanol–water partition coefficient (Wildman–Crippen LogP) is 2.72. The van der Waals surface area contributed by atoms with Gasteiger partial charge >= 0.3 is 0 Å². The van der Waals surface area contributed by atoms with Gasteiger partial charge in [-0.2, -0.15) is 0 Å². The van der Waals surface area contributed by atoms with Crippen LogP contribution in [0.2, 0.25) is 0 Å². The minimum Gasteiger partial charge on any atom is -0.378 e. The second-order valence-corrected chi connectivity index (χ2v) is 9.89. The first-order valence-electron chi connectivity index (χ1n) is 10.8. The quantitative estimate of drug-likeness (QED) is 0.362. The summed E-state index contributed by atoms with van der Waals surface area (Å²) in [7, 11) is 0. The van der Waals surface area contributed by atoms with Gasteiger partial charge in [0.05, 0.1) is 58.4 Å². The van der Waals surface area contributed by atoms with E-state index in [2.05, 4.69) is 31.4 Å². The molecular weight excluding hydrogens is 391 g/mol. The maximum Gasteiger partial charge on any atom is 0.225 e. The first kappa shape index (κ1) is 29.2. The van der Waals surface area contributed by atoms with Crippen molar-refractivity contribution in [1.29, 1.82) is 0 Å². The molecule has 0 aliphatic heterocycles. The first-order chi connectivity index (χ1) is 13.8. The van der Waals surface area contributed by atoms with E-state index in [1.165, 1.54) is 0 Å². The molecule has 0 aromatic carbocycles. The summed E-state index contributed by atoms with van der Waals surface area (Å²) < 4.78 is 36.4. The van der Waals surface area contributed by atoms with Gasteiger partial charge in [-0.1, -0.05) is 20.8 Å². The molecule has 180 valence electrons. The maximum absolute atomic E-state index is 14.4. The lowest BCUT2D eigenvalue weighted by molar-refractivity contribution is -0.130. The predicted molar refractivity (Wildman–Crippen MR) is 118 cm³/mol. The zero-order chi connectivity index (χ0) is 23.3. The average Bonchev–Trinajstić information content (AvgIpc) is 2.61. The number of amides is 1. The SMILES string of the molecule is CC(C)(C)NCCOCCOCCOCCOC(C)(C)C(F)CNC(=O)C(C)(C)C. The van der Waals surface area contributed by atoms with Crippen molar-refractivity contribution in [1.82, 2.24) is 10.6 Å². The van der Waals surface area contributed by atoms with Gasteiger partial charge in [0.25, 0.3) is 0 Å². The number of nitrogens with one attached hydrogen (secondary N) is 2. The van der Waals surface area contributed by atoms with E-state index in [0.717, 1.165) is 6.54 Å². The standard InChI is InChI=1S/C22H45FN2O5/c1-20(2,3)19(26)24-17-18(23)22(7,8)30-16-15-29-14-13-28-12-11-27-10-9-25-21(4,5)6/h18,25H,9-17H2,1-8H3,(H,24,26). The Morgan fingerprint density at radius 3 is 1.73 bits per heavy atom. The fourth-order valence-electron chi connectivity index (χ4n) is 2.19. The number of hydrogen-bond acceptors (Lipinski definition) is 6. The Kier molecular flexibility index (Phi) is 13.9. The van der Waals surface area contributed by atoms with E-state index in [1.54, 1.807) is 34.6 Å². The zero-order valence-electron chi connectivity index (χ0n) is 20.4. The molecule has 0 radical (unpaired) electrons. The van der Waals surface area contributed by atoms with Gasteiger partial charge in [-0.25, -0.2) is 4.39 Å². The molecule has 0 bridgehead atoms. The summed E-state index contributed by atoms with van der Waals surface area (Å²) in [5, 5.41) is 5.97. The van der Waals surface area contributed by atoms with E-state index in [1.807, 2.05) is 0 Å². The molecule has 0 aliphatic carbocycles. The smallest absolute Gasteiger partial charge is 0.225 e. The lowest BCUT2D eigenvalue weighted by Gasteiger charge is -2.30. The Bertz CT molecular complexity index is 461. The summed E-state index contributed by atoms with van der Waals surface area (Å²) in [6.45, 7) is 19.0. The van der Waals surface area contributed by atoms with Crippen molar-refractivity contribution in [2.45, 2.75) is 72.7 Å². The highest BCUT2D eigenvalue weighted by Gasteiger charge is 2.32. The van der Waals surface area contributed by atoms with E-state index < -0.39 is 17.2 Å². The van der Waals surface area contributed by atoms with Crippen LogP contribution in [0, 0.1) is 5.41 Å². The molecule has 0 heterocycles. The molecule has 0 saturated heterocycles. The molecule has 2 N–H and O–H groups in total. The first-order valence-corrected chi connectivity index (χ1v) is 10.8. The molecule has 0 aromatic rings. The van der Waals surface area contributed by atoms with Gasteiger partial charge < -0.3 is 29.6 Å². The molecular formula is C22H45FN2O5. The number of hydrogen-bond donors (Lipinski definition) is 2. The highest BCUT2D eigenvalue weighted by Crippen LogP contribution is 2.19. The third-order valence-corrected chi connectivity index (χ3v) is 4.22. The zero-order valence-corrected chi connectivity index (χ0v) is 20.4. The summed E-state index contributed by atoms with van der Waals surface area (Å²) >= 11 is 0. The molecule has 0 spiro atoms. The van der Waals surface area contributed by atoms with Gasteiger partial charge in [-0.3, -0.25) is 4.79 Å². The van der Waals surface area contributed by atoms with Crippen molar-refractivity contribution in [3.05, 3.63) is 0 Å². The lowest BCUT2D eigenvalue weighted by Crippen LogP contribution is -2.46. The third kappa shape index (κ3) is 16.0. The summed E-state index contributed by atoms with van der Waals surface area (Å²) in [5.41, 5.74) is -1.45. The van der Waals surface area contributed by atoms with Crippen LogP contribution in [-0.4, -0.2) is 82.6 Å². The second-order valence-electron chi connectivity index (χ2n) is 9.89. The highest BCUT2D eigenvalue weighted by molar-refractivity contribution is 5.81. The van der Waals surface area contributed by atoms with Crippen LogP contribution in [0.25, 0.3) is 0 Å². The number of alkyl halides is 1. The molecule has 1 atom stereocenters. The monoisotopic (exact) mass is 436 g/mol. The fourth-order valence-corrected chi connectivity index (χ4v) is 2.19. The van der Waals surface area contributed by atoms with E-state index >= 15 is 0 Å². The van der Waals surface area contributed by atoms with E-state index in [0.29, 0.717) is 39.6 Å². The van der Waals surface area contributed by atoms with Crippen molar-refractivity contribution < 1.29 is 28.1 Å². The highest BCUT2D eigenvalue weighted by atomic mass is 19.1. The van der Waals surface area contributed by atoms with Gasteiger partial charge in [0.15, 0.2) is 0 Å². The topological polar surface area (TPSA) is 78.1 Å². The fraction of sp³-hybridized carbons (Fsp3) is 0.955. The van der Waals surface area contributed by atoms with Crippen LogP contribution in [0.3, 0.4) is 0 Å². The Balaban J connectivity index is 3.63. The van der Waals surface area contributed by atoms with Crippen molar-refractivity contribution in [3.8, 4) is 0 Å². The number of carbonyl (C=O) groups excluding carboxylic acids is 1. The average molecular weight is 437 g/mol. The van der Waals surface area contributed by atoms with E-state index in [9.17, 15) is 9.18 Å². The number of rotatable bonds is 16. The Morgan fingerprint density at radius 2 is 1.27 bits per heavy atom. The summed E-state index contributed by atoms with van der Waals surface area (Å²) in [5.74, 6) is -0.184. The summed E-state index contributed by atoms with van der Waals surface area (Å²) in [6.07, 6.45) is -1.31. The van der Waals surface area contributed by atoms with Crippen LogP contribution in [0.4, 0.5) is 4.39 Å². The van der Waals surface area contributed by atoms with Crippen LogP contribution < -0.4 is 10.6 Å². The normalized spacial score (nSPS) is 14.0. The van der Waals surface area contributed by atoms with Gasteiger partial charge in [-0.15, -0.1) is 0 Å². The molecule has 7 nitrogen and oxygen atoms in total. The molecule has 0 aromatic heterocycles. The Labute approximate surface area is 182 Å². The van der Waals surface area contributed by atoms with Gasteiger partial charge in [-0.05, 0) is 34.6 Å².